The van der Waals surface area contributed by atoms with E-state index in [-0.39, 0.29) is 6.04 Å². The molecule has 1 heterocycles. The van der Waals surface area contributed by atoms with Crippen molar-refractivity contribution in [1.29, 1.82) is 0 Å². The fourth-order valence-corrected chi connectivity index (χ4v) is 2.55. The Kier molecular flexibility index (Phi) is 8.06. The van der Waals surface area contributed by atoms with Crippen molar-refractivity contribution >= 4 is 5.91 Å². The average molecular weight is 254 g/mol. The van der Waals surface area contributed by atoms with Crippen LogP contribution in [0.1, 0.15) is 65.2 Å². The van der Waals surface area contributed by atoms with E-state index in [2.05, 4.69) is 24.1 Å². The Labute approximate surface area is 112 Å². The minimum Gasteiger partial charge on any atom is -0.341 e. The monoisotopic (exact) mass is 254 g/mol. The van der Waals surface area contributed by atoms with Crippen LogP contribution in [0.3, 0.4) is 0 Å². The Hall–Kier alpha value is -0.570. The van der Waals surface area contributed by atoms with E-state index in [1.54, 1.807) is 0 Å². The third kappa shape index (κ3) is 5.38. The normalized spacial score (nSPS) is 19.1. The molecule has 1 rings (SSSR count). The Morgan fingerprint density at radius 3 is 2.17 bits per heavy atom. The van der Waals surface area contributed by atoms with Crippen LogP contribution >= 0.6 is 0 Å². The maximum Gasteiger partial charge on any atom is 0.239 e. The van der Waals surface area contributed by atoms with Gasteiger partial charge in [0.25, 0.3) is 0 Å². The topological polar surface area (TPSA) is 32.3 Å². The van der Waals surface area contributed by atoms with Gasteiger partial charge >= 0.3 is 0 Å². The molecule has 1 fully saturated rings. The zero-order valence-corrected chi connectivity index (χ0v) is 12.2. The van der Waals surface area contributed by atoms with Crippen LogP contribution in [0, 0.1) is 0 Å². The van der Waals surface area contributed by atoms with E-state index in [4.69, 9.17) is 0 Å². The molecule has 0 saturated carbocycles. The van der Waals surface area contributed by atoms with Crippen LogP contribution in [0.5, 0.6) is 0 Å². The molecule has 0 aliphatic carbocycles. The number of unbranched alkanes of at least 4 members (excludes halogenated alkanes) is 4. The number of rotatable bonds is 9. The fourth-order valence-electron chi connectivity index (χ4n) is 2.55. The summed E-state index contributed by atoms with van der Waals surface area (Å²) in [6.07, 6.45) is 9.38. The maximum absolute atomic E-state index is 12.4. The summed E-state index contributed by atoms with van der Waals surface area (Å²) in [5.41, 5.74) is 0. The summed E-state index contributed by atoms with van der Waals surface area (Å²) in [4.78, 5) is 14.5. The molecular weight excluding hydrogens is 224 g/mol. The van der Waals surface area contributed by atoms with Gasteiger partial charge in [0.15, 0.2) is 0 Å². The Morgan fingerprint density at radius 1 is 1.11 bits per heavy atom. The summed E-state index contributed by atoms with van der Waals surface area (Å²) >= 11 is 0. The molecule has 0 bridgehead atoms. The van der Waals surface area contributed by atoms with Gasteiger partial charge in [0.05, 0.1) is 6.04 Å². The van der Waals surface area contributed by atoms with Gasteiger partial charge in [-0.05, 0) is 32.2 Å². The number of carbonyl (C=O) groups is 1. The van der Waals surface area contributed by atoms with Crippen molar-refractivity contribution in [2.75, 3.05) is 19.6 Å². The van der Waals surface area contributed by atoms with Gasteiger partial charge in [-0.2, -0.15) is 0 Å². The van der Waals surface area contributed by atoms with Crippen LogP contribution in [0.15, 0.2) is 0 Å². The van der Waals surface area contributed by atoms with Gasteiger partial charge in [-0.15, -0.1) is 0 Å². The molecule has 1 aliphatic heterocycles. The SMILES string of the molecule is CCCCCN(CCCCC)C(=O)[C@H]1CCCN1. The van der Waals surface area contributed by atoms with Crippen LogP contribution in [-0.2, 0) is 4.79 Å². The van der Waals surface area contributed by atoms with Gasteiger partial charge in [-0.1, -0.05) is 39.5 Å². The highest BCUT2D eigenvalue weighted by Crippen LogP contribution is 2.11. The van der Waals surface area contributed by atoms with E-state index in [9.17, 15) is 4.79 Å². The number of carbonyl (C=O) groups excluding carboxylic acids is 1. The Balaban J connectivity index is 2.38. The molecule has 3 nitrogen and oxygen atoms in total. The smallest absolute Gasteiger partial charge is 0.239 e. The van der Waals surface area contributed by atoms with E-state index >= 15 is 0 Å². The lowest BCUT2D eigenvalue weighted by atomic mass is 10.1. The first-order valence-corrected chi connectivity index (χ1v) is 7.81. The van der Waals surface area contributed by atoms with Crippen molar-refractivity contribution in [3.63, 3.8) is 0 Å². The van der Waals surface area contributed by atoms with Gasteiger partial charge in [-0.3, -0.25) is 4.79 Å². The number of nitrogens with zero attached hydrogens (tertiary/aromatic N) is 1. The lowest BCUT2D eigenvalue weighted by Crippen LogP contribution is -2.44. The molecule has 0 unspecified atom stereocenters. The summed E-state index contributed by atoms with van der Waals surface area (Å²) in [5, 5.41) is 3.33. The molecule has 1 aliphatic rings. The third-order valence-electron chi connectivity index (χ3n) is 3.73. The van der Waals surface area contributed by atoms with Crippen molar-refractivity contribution in [1.82, 2.24) is 10.2 Å². The van der Waals surface area contributed by atoms with Gasteiger partial charge in [0.1, 0.15) is 0 Å². The van der Waals surface area contributed by atoms with Gasteiger partial charge < -0.3 is 10.2 Å². The summed E-state index contributed by atoms with van der Waals surface area (Å²) in [6.45, 7) is 7.33. The first-order chi connectivity index (χ1) is 8.79. The molecule has 0 radical (unpaired) electrons. The minimum absolute atomic E-state index is 0.105. The second kappa shape index (κ2) is 9.37. The highest BCUT2D eigenvalue weighted by Gasteiger charge is 2.26. The van der Waals surface area contributed by atoms with Gasteiger partial charge in [0.2, 0.25) is 5.91 Å². The van der Waals surface area contributed by atoms with Crippen LogP contribution in [0.2, 0.25) is 0 Å². The summed E-state index contributed by atoms with van der Waals surface area (Å²) in [6, 6.07) is 0.105. The van der Waals surface area contributed by atoms with E-state index in [1.807, 2.05) is 0 Å². The summed E-state index contributed by atoms with van der Waals surface area (Å²) in [7, 11) is 0. The molecule has 106 valence electrons. The predicted molar refractivity (Wildman–Crippen MR) is 76.7 cm³/mol. The van der Waals surface area contributed by atoms with Crippen molar-refractivity contribution in [2.24, 2.45) is 0 Å². The lowest BCUT2D eigenvalue weighted by Gasteiger charge is -2.25. The zero-order chi connectivity index (χ0) is 13.2. The summed E-state index contributed by atoms with van der Waals surface area (Å²) in [5.74, 6) is 0.347. The van der Waals surface area contributed by atoms with E-state index < -0.39 is 0 Å². The average Bonchev–Trinajstić information content (AvgIpc) is 2.90. The van der Waals surface area contributed by atoms with Crippen LogP contribution in [-0.4, -0.2) is 36.5 Å². The lowest BCUT2D eigenvalue weighted by molar-refractivity contribution is -0.133. The number of hydrogen-bond donors (Lipinski definition) is 1. The largest absolute Gasteiger partial charge is 0.341 e. The van der Waals surface area contributed by atoms with E-state index in [1.165, 1.54) is 25.7 Å². The first kappa shape index (κ1) is 15.5. The Bertz CT molecular complexity index is 215. The Morgan fingerprint density at radius 2 is 1.72 bits per heavy atom. The summed E-state index contributed by atoms with van der Waals surface area (Å²) < 4.78 is 0. The minimum atomic E-state index is 0.105. The first-order valence-electron chi connectivity index (χ1n) is 7.81. The molecular formula is C15H30N2O. The van der Waals surface area contributed by atoms with Crippen LogP contribution < -0.4 is 5.32 Å². The van der Waals surface area contributed by atoms with Crippen molar-refractivity contribution in [3.8, 4) is 0 Å². The molecule has 0 aromatic carbocycles. The molecule has 1 amide bonds. The van der Waals surface area contributed by atoms with E-state index in [0.717, 1.165) is 45.3 Å². The standard InChI is InChI=1S/C15H30N2O/c1-3-5-7-12-17(13-8-6-4-2)15(18)14-10-9-11-16-14/h14,16H,3-13H2,1-2H3/t14-/m1/s1. The zero-order valence-electron chi connectivity index (χ0n) is 12.2. The highest BCUT2D eigenvalue weighted by atomic mass is 16.2. The second-order valence-corrected chi connectivity index (χ2v) is 5.39. The van der Waals surface area contributed by atoms with E-state index in [0.29, 0.717) is 5.91 Å². The molecule has 1 atom stereocenters. The number of nitrogens with one attached hydrogen (secondary N) is 1. The molecule has 3 heteroatoms. The predicted octanol–water partition coefficient (Wildman–Crippen LogP) is 2.95. The van der Waals surface area contributed by atoms with Crippen molar-refractivity contribution in [2.45, 2.75) is 71.3 Å². The quantitative estimate of drug-likeness (QED) is 0.642. The van der Waals surface area contributed by atoms with Gasteiger partial charge in [-0.25, -0.2) is 0 Å². The van der Waals surface area contributed by atoms with Crippen LogP contribution in [0.4, 0.5) is 0 Å². The molecule has 0 spiro atoms. The molecule has 18 heavy (non-hydrogen) atoms. The van der Waals surface area contributed by atoms with Crippen molar-refractivity contribution in [3.05, 3.63) is 0 Å². The fraction of sp³-hybridized carbons (Fsp3) is 0.933. The molecule has 0 aromatic rings. The molecule has 1 N–H and O–H groups in total. The van der Waals surface area contributed by atoms with Crippen molar-refractivity contribution < 1.29 is 4.79 Å². The second-order valence-electron chi connectivity index (χ2n) is 5.39. The number of hydrogen-bond acceptors (Lipinski definition) is 2. The van der Waals surface area contributed by atoms with Gasteiger partial charge in [0, 0.05) is 13.1 Å². The maximum atomic E-state index is 12.4. The third-order valence-corrected chi connectivity index (χ3v) is 3.73. The molecule has 0 aromatic heterocycles. The van der Waals surface area contributed by atoms with Crippen LogP contribution in [0.25, 0.3) is 0 Å². The highest BCUT2D eigenvalue weighted by molar-refractivity contribution is 5.82. The molecule has 1 saturated heterocycles. The number of amides is 1.